The van der Waals surface area contributed by atoms with Crippen LogP contribution in [0.2, 0.25) is 0 Å². The summed E-state index contributed by atoms with van der Waals surface area (Å²) in [4.78, 5) is 6.47. The van der Waals surface area contributed by atoms with E-state index in [0.29, 0.717) is 5.96 Å². The lowest BCUT2D eigenvalue weighted by Crippen LogP contribution is -2.37. The molecule has 5 N–H and O–H groups in total. The highest BCUT2D eigenvalue weighted by molar-refractivity contribution is 5.76. The van der Waals surface area contributed by atoms with E-state index in [4.69, 9.17) is 11.6 Å². The molecule has 0 atom stereocenters. The normalized spacial score (nSPS) is 21.1. The molecule has 1 aliphatic rings. The molecule has 82 valence electrons. The van der Waals surface area contributed by atoms with Gasteiger partial charge in [0, 0.05) is 6.54 Å². The van der Waals surface area contributed by atoms with Crippen molar-refractivity contribution in [2.45, 2.75) is 19.3 Å². The second-order valence-corrected chi connectivity index (χ2v) is 3.95. The topological polar surface area (TPSA) is 79.7 Å². The van der Waals surface area contributed by atoms with Gasteiger partial charge in [0.25, 0.3) is 0 Å². The van der Waals surface area contributed by atoms with E-state index < -0.39 is 0 Å². The van der Waals surface area contributed by atoms with Crippen LogP contribution >= 0.6 is 0 Å². The molecular formula is C9H21N5. The summed E-state index contributed by atoms with van der Waals surface area (Å²) in [6.45, 7) is 3.20. The standard InChI is InChI=1S/C9H21N5/c1-14-6-3-8(4-7-14)2-5-12-9(10)13-11/h8H,2-7,11H2,1H3,(H3,10,12,13). The highest BCUT2D eigenvalue weighted by atomic mass is 15.3. The maximum atomic E-state index is 5.42. The summed E-state index contributed by atoms with van der Waals surface area (Å²) >= 11 is 0. The summed E-state index contributed by atoms with van der Waals surface area (Å²) in [6.07, 6.45) is 3.68. The first-order chi connectivity index (χ1) is 6.72. The Morgan fingerprint density at radius 2 is 2.14 bits per heavy atom. The van der Waals surface area contributed by atoms with Crippen LogP contribution in [0.3, 0.4) is 0 Å². The van der Waals surface area contributed by atoms with Crippen molar-refractivity contribution in [2.24, 2.45) is 22.5 Å². The Morgan fingerprint density at radius 1 is 1.50 bits per heavy atom. The van der Waals surface area contributed by atoms with E-state index in [-0.39, 0.29) is 0 Å². The van der Waals surface area contributed by atoms with Gasteiger partial charge < -0.3 is 10.6 Å². The smallest absolute Gasteiger partial charge is 0.203 e. The van der Waals surface area contributed by atoms with Crippen molar-refractivity contribution < 1.29 is 0 Å². The van der Waals surface area contributed by atoms with Crippen LogP contribution in [0.15, 0.2) is 4.99 Å². The van der Waals surface area contributed by atoms with Crippen LogP contribution in [0.5, 0.6) is 0 Å². The van der Waals surface area contributed by atoms with Gasteiger partial charge in [-0.2, -0.15) is 0 Å². The SMILES string of the molecule is CN1CCC(CCN=C(N)NN)CC1. The molecule has 1 aliphatic heterocycles. The number of nitrogens with one attached hydrogen (secondary N) is 1. The zero-order chi connectivity index (χ0) is 10.4. The molecule has 0 aromatic heterocycles. The third kappa shape index (κ3) is 3.93. The molecule has 5 nitrogen and oxygen atoms in total. The zero-order valence-electron chi connectivity index (χ0n) is 8.87. The highest BCUT2D eigenvalue weighted by Crippen LogP contribution is 2.18. The molecule has 5 heteroatoms. The Bertz CT molecular complexity index is 184. The van der Waals surface area contributed by atoms with Gasteiger partial charge in [-0.05, 0) is 45.3 Å². The van der Waals surface area contributed by atoms with Crippen molar-refractivity contribution in [1.29, 1.82) is 0 Å². The van der Waals surface area contributed by atoms with Gasteiger partial charge in [-0.15, -0.1) is 0 Å². The van der Waals surface area contributed by atoms with Gasteiger partial charge in [0.05, 0.1) is 0 Å². The largest absolute Gasteiger partial charge is 0.369 e. The van der Waals surface area contributed by atoms with Gasteiger partial charge in [0.15, 0.2) is 0 Å². The molecule has 1 heterocycles. The molecule has 1 saturated heterocycles. The molecule has 0 saturated carbocycles. The fraction of sp³-hybridized carbons (Fsp3) is 0.889. The molecule has 1 rings (SSSR count). The lowest BCUT2D eigenvalue weighted by Gasteiger charge is -2.28. The maximum absolute atomic E-state index is 5.42. The predicted octanol–water partition coefficient (Wildman–Crippen LogP) is -0.504. The Labute approximate surface area is 85.5 Å². The van der Waals surface area contributed by atoms with Crippen molar-refractivity contribution in [3.05, 3.63) is 0 Å². The first-order valence-electron chi connectivity index (χ1n) is 5.17. The number of nitrogens with two attached hydrogens (primary N) is 2. The van der Waals surface area contributed by atoms with Gasteiger partial charge in [0.1, 0.15) is 0 Å². The van der Waals surface area contributed by atoms with E-state index in [0.717, 1.165) is 18.9 Å². The number of likely N-dealkylation sites (tertiary alicyclic amines) is 1. The molecule has 14 heavy (non-hydrogen) atoms. The van der Waals surface area contributed by atoms with Gasteiger partial charge in [0.2, 0.25) is 5.96 Å². The van der Waals surface area contributed by atoms with E-state index in [1.165, 1.54) is 25.9 Å². The predicted molar refractivity (Wildman–Crippen MR) is 58.7 cm³/mol. The van der Waals surface area contributed by atoms with Crippen molar-refractivity contribution in [2.75, 3.05) is 26.7 Å². The molecule has 0 aromatic carbocycles. The lowest BCUT2D eigenvalue weighted by molar-refractivity contribution is 0.214. The Balaban J connectivity index is 2.13. The fourth-order valence-corrected chi connectivity index (χ4v) is 1.76. The molecule has 0 amide bonds. The summed E-state index contributed by atoms with van der Waals surface area (Å²) in [6, 6.07) is 0. The van der Waals surface area contributed by atoms with Crippen LogP contribution < -0.4 is 17.0 Å². The third-order valence-corrected chi connectivity index (χ3v) is 2.81. The number of hydrazine groups is 1. The first-order valence-corrected chi connectivity index (χ1v) is 5.17. The van der Waals surface area contributed by atoms with Gasteiger partial charge in [-0.1, -0.05) is 0 Å². The minimum Gasteiger partial charge on any atom is -0.369 e. The minimum absolute atomic E-state index is 0.331. The lowest BCUT2D eigenvalue weighted by atomic mass is 9.94. The van der Waals surface area contributed by atoms with Crippen LogP contribution in [0, 0.1) is 5.92 Å². The molecule has 0 radical (unpaired) electrons. The summed E-state index contributed by atoms with van der Waals surface area (Å²) < 4.78 is 0. The molecule has 0 bridgehead atoms. The second-order valence-electron chi connectivity index (χ2n) is 3.95. The van der Waals surface area contributed by atoms with Gasteiger partial charge in [-0.3, -0.25) is 10.4 Å². The van der Waals surface area contributed by atoms with Gasteiger partial charge in [-0.25, -0.2) is 5.84 Å². The average Bonchev–Trinajstić information content (AvgIpc) is 2.21. The van der Waals surface area contributed by atoms with Crippen LogP contribution in [-0.4, -0.2) is 37.5 Å². The fourth-order valence-electron chi connectivity index (χ4n) is 1.76. The number of aliphatic imine (C=N–C) groups is 1. The number of piperidine rings is 1. The van der Waals surface area contributed by atoms with E-state index in [2.05, 4.69) is 22.4 Å². The van der Waals surface area contributed by atoms with Gasteiger partial charge >= 0.3 is 0 Å². The molecule has 0 unspecified atom stereocenters. The number of hydrogen-bond acceptors (Lipinski definition) is 3. The van der Waals surface area contributed by atoms with Crippen LogP contribution in [0.1, 0.15) is 19.3 Å². The third-order valence-electron chi connectivity index (χ3n) is 2.81. The summed E-state index contributed by atoms with van der Waals surface area (Å²) in [7, 11) is 2.17. The molecule has 0 aliphatic carbocycles. The summed E-state index contributed by atoms with van der Waals surface area (Å²) in [5.74, 6) is 6.23. The Hall–Kier alpha value is -0.810. The Kier molecular flexibility index (Phi) is 4.69. The number of rotatable bonds is 3. The van der Waals surface area contributed by atoms with Crippen molar-refractivity contribution >= 4 is 5.96 Å². The minimum atomic E-state index is 0.331. The monoisotopic (exact) mass is 199 g/mol. The van der Waals surface area contributed by atoms with E-state index in [9.17, 15) is 0 Å². The number of hydrogen-bond donors (Lipinski definition) is 3. The highest BCUT2D eigenvalue weighted by Gasteiger charge is 2.15. The molecule has 1 fully saturated rings. The summed E-state index contributed by atoms with van der Waals surface area (Å²) in [5.41, 5.74) is 7.75. The maximum Gasteiger partial charge on any atom is 0.203 e. The summed E-state index contributed by atoms with van der Waals surface area (Å²) in [5, 5.41) is 0. The average molecular weight is 199 g/mol. The quantitative estimate of drug-likeness (QED) is 0.248. The van der Waals surface area contributed by atoms with Crippen molar-refractivity contribution in [1.82, 2.24) is 10.3 Å². The molecule has 0 aromatic rings. The number of nitrogens with zero attached hydrogens (tertiary/aromatic N) is 2. The van der Waals surface area contributed by atoms with E-state index >= 15 is 0 Å². The Morgan fingerprint density at radius 3 is 2.71 bits per heavy atom. The van der Waals surface area contributed by atoms with Crippen molar-refractivity contribution in [3.8, 4) is 0 Å². The molecular weight excluding hydrogens is 178 g/mol. The zero-order valence-corrected chi connectivity index (χ0v) is 8.87. The van der Waals surface area contributed by atoms with Crippen LogP contribution in [0.25, 0.3) is 0 Å². The number of guanidine groups is 1. The first kappa shape index (κ1) is 11.3. The van der Waals surface area contributed by atoms with Crippen LogP contribution in [0.4, 0.5) is 0 Å². The molecule has 0 spiro atoms. The van der Waals surface area contributed by atoms with Crippen molar-refractivity contribution in [3.63, 3.8) is 0 Å². The second kappa shape index (κ2) is 5.82. The van der Waals surface area contributed by atoms with E-state index in [1.54, 1.807) is 0 Å². The van der Waals surface area contributed by atoms with E-state index in [1.807, 2.05) is 0 Å². The van der Waals surface area contributed by atoms with Crippen LogP contribution in [-0.2, 0) is 0 Å².